The number of amides is 1. The molecule has 146 valence electrons. The highest BCUT2D eigenvalue weighted by atomic mass is 19.4. The van der Waals surface area contributed by atoms with E-state index in [1.165, 1.54) is 0 Å². The van der Waals surface area contributed by atoms with Gasteiger partial charge in [-0.25, -0.2) is 0 Å². The number of rotatable bonds is 9. The van der Waals surface area contributed by atoms with Crippen LogP contribution in [-0.2, 0) is 22.7 Å². The highest BCUT2D eigenvalue weighted by molar-refractivity contribution is 5.77. The average molecular weight is 383 g/mol. The SMILES string of the molecule is COc1ccc(OCC(=O)NCc2ccc(COCC(F)(F)F)cc2)cc1. The van der Waals surface area contributed by atoms with E-state index in [1.54, 1.807) is 55.6 Å². The van der Waals surface area contributed by atoms with Crippen LogP contribution in [0.5, 0.6) is 11.5 Å². The number of carbonyl (C=O) groups excluding carboxylic acids is 1. The topological polar surface area (TPSA) is 56.8 Å². The molecule has 0 aliphatic rings. The van der Waals surface area contributed by atoms with Gasteiger partial charge in [0.1, 0.15) is 18.1 Å². The summed E-state index contributed by atoms with van der Waals surface area (Å²) in [6, 6.07) is 13.6. The smallest absolute Gasteiger partial charge is 0.411 e. The molecule has 0 fully saturated rings. The van der Waals surface area contributed by atoms with Crippen molar-refractivity contribution in [3.05, 3.63) is 59.7 Å². The van der Waals surface area contributed by atoms with Gasteiger partial charge in [0.2, 0.25) is 0 Å². The van der Waals surface area contributed by atoms with E-state index < -0.39 is 12.8 Å². The molecule has 0 aliphatic heterocycles. The van der Waals surface area contributed by atoms with Crippen LogP contribution in [-0.4, -0.2) is 32.4 Å². The minimum Gasteiger partial charge on any atom is -0.497 e. The van der Waals surface area contributed by atoms with Gasteiger partial charge in [0.25, 0.3) is 5.91 Å². The fraction of sp³-hybridized carbons (Fsp3) is 0.316. The van der Waals surface area contributed by atoms with Gasteiger partial charge in [-0.15, -0.1) is 0 Å². The van der Waals surface area contributed by atoms with Gasteiger partial charge in [0.05, 0.1) is 13.7 Å². The lowest BCUT2D eigenvalue weighted by Crippen LogP contribution is -2.28. The van der Waals surface area contributed by atoms with Crippen molar-refractivity contribution in [2.45, 2.75) is 19.3 Å². The van der Waals surface area contributed by atoms with E-state index in [0.717, 1.165) is 5.56 Å². The molecule has 27 heavy (non-hydrogen) atoms. The van der Waals surface area contributed by atoms with Gasteiger partial charge < -0.3 is 19.5 Å². The maximum atomic E-state index is 12.0. The molecule has 0 saturated carbocycles. The van der Waals surface area contributed by atoms with Crippen molar-refractivity contribution in [2.75, 3.05) is 20.3 Å². The van der Waals surface area contributed by atoms with Crippen LogP contribution in [0, 0.1) is 0 Å². The number of methoxy groups -OCH3 is 1. The van der Waals surface area contributed by atoms with Crippen LogP contribution in [0.2, 0.25) is 0 Å². The molecule has 8 heteroatoms. The molecule has 0 radical (unpaired) electrons. The van der Waals surface area contributed by atoms with Gasteiger partial charge in [-0.05, 0) is 35.4 Å². The Morgan fingerprint density at radius 1 is 0.963 bits per heavy atom. The van der Waals surface area contributed by atoms with Crippen LogP contribution in [0.25, 0.3) is 0 Å². The summed E-state index contributed by atoms with van der Waals surface area (Å²) in [5.41, 5.74) is 1.43. The summed E-state index contributed by atoms with van der Waals surface area (Å²) in [7, 11) is 1.56. The number of hydrogen-bond donors (Lipinski definition) is 1. The van der Waals surface area contributed by atoms with Gasteiger partial charge >= 0.3 is 6.18 Å². The second-order valence-electron chi connectivity index (χ2n) is 5.67. The molecule has 1 amide bonds. The Kier molecular flexibility index (Phi) is 7.48. The molecule has 0 spiro atoms. The Hall–Kier alpha value is -2.74. The summed E-state index contributed by atoms with van der Waals surface area (Å²) in [5, 5.41) is 2.71. The molecule has 0 aliphatic carbocycles. The van der Waals surface area contributed by atoms with Gasteiger partial charge in [0, 0.05) is 6.54 Å². The molecular formula is C19H20F3NO4. The second-order valence-corrected chi connectivity index (χ2v) is 5.67. The summed E-state index contributed by atoms with van der Waals surface area (Å²) in [4.78, 5) is 11.8. The molecule has 0 atom stereocenters. The predicted molar refractivity (Wildman–Crippen MR) is 92.5 cm³/mol. The molecule has 0 unspecified atom stereocenters. The molecule has 0 bridgehead atoms. The molecule has 2 rings (SSSR count). The Labute approximate surface area is 155 Å². The molecule has 2 aromatic rings. The standard InChI is InChI=1S/C19H20F3NO4/c1-25-16-6-8-17(9-7-16)27-12-18(24)23-10-14-2-4-15(5-3-14)11-26-13-19(20,21)22/h2-9H,10-13H2,1H3,(H,23,24). The van der Waals surface area contributed by atoms with Crippen LogP contribution >= 0.6 is 0 Å². The second kappa shape index (κ2) is 9.82. The van der Waals surface area contributed by atoms with Crippen molar-refractivity contribution >= 4 is 5.91 Å². The normalized spacial score (nSPS) is 11.1. The Balaban J connectivity index is 1.69. The minimum atomic E-state index is -4.34. The van der Waals surface area contributed by atoms with Crippen molar-refractivity contribution < 1.29 is 32.2 Å². The van der Waals surface area contributed by atoms with Gasteiger partial charge in [-0.3, -0.25) is 4.79 Å². The average Bonchev–Trinajstić information content (AvgIpc) is 2.65. The largest absolute Gasteiger partial charge is 0.497 e. The molecule has 0 saturated heterocycles. The van der Waals surface area contributed by atoms with E-state index in [4.69, 9.17) is 9.47 Å². The highest BCUT2D eigenvalue weighted by Crippen LogP contribution is 2.17. The van der Waals surface area contributed by atoms with Crippen LogP contribution in [0.3, 0.4) is 0 Å². The van der Waals surface area contributed by atoms with E-state index in [2.05, 4.69) is 10.1 Å². The monoisotopic (exact) mass is 383 g/mol. The summed E-state index contributed by atoms with van der Waals surface area (Å²) in [6.07, 6.45) is -4.34. The van der Waals surface area contributed by atoms with Crippen LogP contribution in [0.4, 0.5) is 13.2 Å². The Morgan fingerprint density at radius 3 is 2.15 bits per heavy atom. The fourth-order valence-corrected chi connectivity index (χ4v) is 2.11. The van der Waals surface area contributed by atoms with Gasteiger partial charge in [-0.1, -0.05) is 24.3 Å². The lowest BCUT2D eigenvalue weighted by atomic mass is 10.1. The van der Waals surface area contributed by atoms with Crippen LogP contribution < -0.4 is 14.8 Å². The van der Waals surface area contributed by atoms with Crippen molar-refractivity contribution in [2.24, 2.45) is 0 Å². The molecular weight excluding hydrogens is 363 g/mol. The summed E-state index contributed by atoms with van der Waals surface area (Å²) in [5.74, 6) is 0.955. The number of ether oxygens (including phenoxy) is 3. The first-order valence-electron chi connectivity index (χ1n) is 8.11. The van der Waals surface area contributed by atoms with E-state index >= 15 is 0 Å². The lowest BCUT2D eigenvalue weighted by molar-refractivity contribution is -0.176. The zero-order chi connectivity index (χ0) is 19.7. The molecule has 5 nitrogen and oxygen atoms in total. The van der Waals surface area contributed by atoms with Crippen molar-refractivity contribution in [3.63, 3.8) is 0 Å². The van der Waals surface area contributed by atoms with E-state index in [9.17, 15) is 18.0 Å². The van der Waals surface area contributed by atoms with Crippen molar-refractivity contribution in [1.82, 2.24) is 5.32 Å². The first-order valence-corrected chi connectivity index (χ1v) is 8.11. The van der Waals surface area contributed by atoms with Gasteiger partial charge in [0.15, 0.2) is 6.61 Å². The third-order valence-corrected chi connectivity index (χ3v) is 3.48. The summed E-state index contributed by atoms with van der Waals surface area (Å²) < 4.78 is 51.1. The maximum Gasteiger partial charge on any atom is 0.411 e. The number of nitrogens with one attached hydrogen (secondary N) is 1. The number of hydrogen-bond acceptors (Lipinski definition) is 4. The molecule has 1 N–H and O–H groups in total. The zero-order valence-corrected chi connectivity index (χ0v) is 14.7. The lowest BCUT2D eigenvalue weighted by Gasteiger charge is -2.09. The van der Waals surface area contributed by atoms with Crippen LogP contribution in [0.15, 0.2) is 48.5 Å². The van der Waals surface area contributed by atoms with Gasteiger partial charge in [-0.2, -0.15) is 13.2 Å². The van der Waals surface area contributed by atoms with Crippen molar-refractivity contribution in [1.29, 1.82) is 0 Å². The molecule has 2 aromatic carbocycles. The van der Waals surface area contributed by atoms with Crippen molar-refractivity contribution in [3.8, 4) is 11.5 Å². The first kappa shape index (κ1) is 20.6. The Morgan fingerprint density at radius 2 is 1.56 bits per heavy atom. The van der Waals surface area contributed by atoms with E-state index in [-0.39, 0.29) is 25.7 Å². The maximum absolute atomic E-state index is 12.0. The molecule has 0 aromatic heterocycles. The highest BCUT2D eigenvalue weighted by Gasteiger charge is 2.27. The predicted octanol–water partition coefficient (Wildman–Crippen LogP) is 3.47. The third-order valence-electron chi connectivity index (χ3n) is 3.48. The Bertz CT molecular complexity index is 715. The van der Waals surface area contributed by atoms with Crippen LogP contribution in [0.1, 0.15) is 11.1 Å². The first-order chi connectivity index (χ1) is 12.9. The summed E-state index contributed by atoms with van der Waals surface area (Å²) >= 11 is 0. The number of halogens is 3. The van der Waals surface area contributed by atoms with E-state index in [1.807, 2.05) is 0 Å². The molecule has 0 heterocycles. The third kappa shape index (κ3) is 8.00. The minimum absolute atomic E-state index is 0.123. The number of carbonyl (C=O) groups is 1. The quantitative estimate of drug-likeness (QED) is 0.721. The number of alkyl halides is 3. The van der Waals surface area contributed by atoms with E-state index in [0.29, 0.717) is 17.1 Å². The zero-order valence-electron chi connectivity index (χ0n) is 14.7. The summed E-state index contributed by atoms with van der Waals surface area (Å²) in [6.45, 7) is -1.24. The number of benzene rings is 2. The fourth-order valence-electron chi connectivity index (χ4n) is 2.11.